The van der Waals surface area contributed by atoms with Crippen LogP contribution in [-0.4, -0.2) is 37.5 Å². The molecule has 1 saturated carbocycles. The molecule has 2 rings (SSSR count). The van der Waals surface area contributed by atoms with Gasteiger partial charge in [0.1, 0.15) is 4.90 Å². The molecule has 2 atom stereocenters. The zero-order chi connectivity index (χ0) is 13.3. The summed E-state index contributed by atoms with van der Waals surface area (Å²) in [5.41, 5.74) is 5.59. The number of nitrogens with one attached hydrogen (secondary N) is 1. The van der Waals surface area contributed by atoms with Crippen molar-refractivity contribution < 1.29 is 13.2 Å². The van der Waals surface area contributed by atoms with E-state index < -0.39 is 10.0 Å². The molecule has 0 spiro atoms. The zero-order valence-corrected chi connectivity index (χ0v) is 11.3. The van der Waals surface area contributed by atoms with E-state index in [1.54, 1.807) is 14.2 Å². The number of anilines is 1. The quantitative estimate of drug-likeness (QED) is 0.795. The van der Waals surface area contributed by atoms with Crippen molar-refractivity contribution in [3.63, 3.8) is 0 Å². The number of nitrogen functional groups attached to an aromatic ring is 1. The Morgan fingerprint density at radius 3 is 2.83 bits per heavy atom. The van der Waals surface area contributed by atoms with Crippen molar-refractivity contribution in [2.45, 2.75) is 36.3 Å². The first-order valence-electron chi connectivity index (χ1n) is 5.78. The summed E-state index contributed by atoms with van der Waals surface area (Å²) < 4.78 is 33.7. The van der Waals surface area contributed by atoms with Crippen molar-refractivity contribution in [3.05, 3.63) is 6.20 Å². The Labute approximate surface area is 106 Å². The van der Waals surface area contributed by atoms with Gasteiger partial charge in [0.05, 0.1) is 6.10 Å². The first kappa shape index (κ1) is 13.3. The van der Waals surface area contributed by atoms with Gasteiger partial charge in [-0.1, -0.05) is 0 Å². The molecular weight excluding hydrogens is 256 g/mol. The van der Waals surface area contributed by atoms with E-state index in [1.165, 1.54) is 10.9 Å². The standard InChI is InChI=1S/C10H18N4O3S/c1-14-6-9(10(11)12-14)18(15,16)13-7-4-3-5-8(7)17-2/h6-8,13H,3-5H2,1-2H3,(H2,11,12). The van der Waals surface area contributed by atoms with Gasteiger partial charge in [0, 0.05) is 26.4 Å². The van der Waals surface area contributed by atoms with E-state index in [4.69, 9.17) is 10.5 Å². The molecule has 0 aliphatic heterocycles. The van der Waals surface area contributed by atoms with Crippen LogP contribution in [0.1, 0.15) is 19.3 Å². The molecule has 0 saturated heterocycles. The highest BCUT2D eigenvalue weighted by atomic mass is 32.2. The first-order chi connectivity index (χ1) is 8.44. The highest BCUT2D eigenvalue weighted by molar-refractivity contribution is 7.89. The molecule has 0 aromatic carbocycles. The van der Waals surface area contributed by atoms with E-state index in [9.17, 15) is 8.42 Å². The first-order valence-corrected chi connectivity index (χ1v) is 7.26. The number of ether oxygens (including phenoxy) is 1. The van der Waals surface area contributed by atoms with Gasteiger partial charge >= 0.3 is 0 Å². The summed E-state index contributed by atoms with van der Waals surface area (Å²) in [6.45, 7) is 0. The summed E-state index contributed by atoms with van der Waals surface area (Å²) in [4.78, 5) is 0.0201. The van der Waals surface area contributed by atoms with E-state index in [0.717, 1.165) is 19.3 Å². The average molecular weight is 274 g/mol. The molecule has 3 N–H and O–H groups in total. The van der Waals surface area contributed by atoms with Crippen LogP contribution in [0.15, 0.2) is 11.1 Å². The van der Waals surface area contributed by atoms with E-state index in [1.807, 2.05) is 0 Å². The highest BCUT2D eigenvalue weighted by Gasteiger charge is 2.32. The molecule has 8 heteroatoms. The number of methoxy groups -OCH3 is 1. The molecule has 1 aromatic heterocycles. The van der Waals surface area contributed by atoms with Crippen molar-refractivity contribution >= 4 is 15.8 Å². The van der Waals surface area contributed by atoms with Gasteiger partial charge in [-0.3, -0.25) is 4.68 Å². The fraction of sp³-hybridized carbons (Fsp3) is 0.700. The van der Waals surface area contributed by atoms with Gasteiger partial charge in [-0.2, -0.15) is 5.10 Å². The fourth-order valence-corrected chi connectivity index (χ4v) is 3.70. The van der Waals surface area contributed by atoms with E-state index in [-0.39, 0.29) is 22.9 Å². The molecule has 1 aliphatic carbocycles. The molecule has 18 heavy (non-hydrogen) atoms. The van der Waals surface area contributed by atoms with Gasteiger partial charge in [-0.25, -0.2) is 13.1 Å². The average Bonchev–Trinajstić information content (AvgIpc) is 2.84. The third kappa shape index (κ3) is 2.50. The normalized spacial score (nSPS) is 24.6. The van der Waals surface area contributed by atoms with Crippen LogP contribution in [0.4, 0.5) is 5.82 Å². The van der Waals surface area contributed by atoms with Crippen LogP contribution in [0.3, 0.4) is 0 Å². The van der Waals surface area contributed by atoms with Crippen LogP contribution >= 0.6 is 0 Å². The molecule has 0 radical (unpaired) electrons. The Hall–Kier alpha value is -1.12. The zero-order valence-electron chi connectivity index (χ0n) is 10.5. The lowest BCUT2D eigenvalue weighted by atomic mass is 10.2. The fourth-order valence-electron chi connectivity index (χ4n) is 2.30. The van der Waals surface area contributed by atoms with Crippen molar-refractivity contribution in [3.8, 4) is 0 Å². The van der Waals surface area contributed by atoms with Crippen LogP contribution in [0.5, 0.6) is 0 Å². The second-order valence-electron chi connectivity index (χ2n) is 4.49. The van der Waals surface area contributed by atoms with E-state index in [0.29, 0.717) is 0 Å². The maximum atomic E-state index is 12.2. The van der Waals surface area contributed by atoms with Crippen molar-refractivity contribution in [2.24, 2.45) is 7.05 Å². The van der Waals surface area contributed by atoms with Crippen molar-refractivity contribution in [2.75, 3.05) is 12.8 Å². The minimum absolute atomic E-state index is 0.0111. The molecule has 1 fully saturated rings. The van der Waals surface area contributed by atoms with Gasteiger partial charge in [-0.05, 0) is 19.3 Å². The van der Waals surface area contributed by atoms with Gasteiger partial charge in [0.25, 0.3) is 0 Å². The van der Waals surface area contributed by atoms with Gasteiger partial charge in [0.2, 0.25) is 10.0 Å². The number of nitrogens with two attached hydrogens (primary N) is 1. The SMILES string of the molecule is COC1CCCC1NS(=O)(=O)c1cn(C)nc1N. The molecule has 0 amide bonds. The molecule has 1 heterocycles. The minimum Gasteiger partial charge on any atom is -0.381 e. The molecular formula is C10H18N4O3S. The Balaban J connectivity index is 2.19. The van der Waals surface area contributed by atoms with Crippen LogP contribution in [0.25, 0.3) is 0 Å². The predicted molar refractivity (Wildman–Crippen MR) is 66.4 cm³/mol. The van der Waals surface area contributed by atoms with Gasteiger partial charge < -0.3 is 10.5 Å². The number of sulfonamides is 1. The molecule has 1 aromatic rings. The molecule has 2 unspecified atom stereocenters. The maximum Gasteiger partial charge on any atom is 0.246 e. The number of rotatable bonds is 4. The number of aromatic nitrogens is 2. The molecule has 1 aliphatic rings. The van der Waals surface area contributed by atoms with Gasteiger partial charge in [0.15, 0.2) is 5.82 Å². The molecule has 7 nitrogen and oxygen atoms in total. The Bertz CT molecular complexity index is 525. The number of hydrogen-bond donors (Lipinski definition) is 2. The summed E-state index contributed by atoms with van der Waals surface area (Å²) >= 11 is 0. The second-order valence-corrected chi connectivity index (χ2v) is 6.17. The Kier molecular flexibility index (Phi) is 3.60. The lowest BCUT2D eigenvalue weighted by Gasteiger charge is -2.19. The topological polar surface area (TPSA) is 99.2 Å². The van der Waals surface area contributed by atoms with Crippen molar-refractivity contribution in [1.29, 1.82) is 0 Å². The monoisotopic (exact) mass is 274 g/mol. The summed E-state index contributed by atoms with van der Waals surface area (Å²) in [6, 6.07) is -0.195. The third-order valence-corrected chi connectivity index (χ3v) is 4.68. The minimum atomic E-state index is -3.63. The largest absolute Gasteiger partial charge is 0.381 e. The third-order valence-electron chi connectivity index (χ3n) is 3.17. The van der Waals surface area contributed by atoms with E-state index in [2.05, 4.69) is 9.82 Å². The van der Waals surface area contributed by atoms with Crippen LogP contribution in [-0.2, 0) is 21.8 Å². The number of hydrogen-bond acceptors (Lipinski definition) is 5. The summed E-state index contributed by atoms with van der Waals surface area (Å²) in [7, 11) is -0.414. The van der Waals surface area contributed by atoms with Crippen LogP contribution < -0.4 is 10.5 Å². The lowest BCUT2D eigenvalue weighted by Crippen LogP contribution is -2.40. The maximum absolute atomic E-state index is 12.2. The Morgan fingerprint density at radius 1 is 1.56 bits per heavy atom. The highest BCUT2D eigenvalue weighted by Crippen LogP contribution is 2.24. The summed E-state index contributed by atoms with van der Waals surface area (Å²) in [6.07, 6.45) is 3.92. The predicted octanol–water partition coefficient (Wildman–Crippen LogP) is -0.152. The Morgan fingerprint density at radius 2 is 2.28 bits per heavy atom. The molecule has 102 valence electrons. The van der Waals surface area contributed by atoms with Crippen LogP contribution in [0.2, 0.25) is 0 Å². The smallest absolute Gasteiger partial charge is 0.246 e. The number of nitrogens with zero attached hydrogens (tertiary/aromatic N) is 2. The van der Waals surface area contributed by atoms with Gasteiger partial charge in [-0.15, -0.1) is 0 Å². The van der Waals surface area contributed by atoms with Crippen LogP contribution in [0, 0.1) is 0 Å². The molecule has 0 bridgehead atoms. The van der Waals surface area contributed by atoms with E-state index >= 15 is 0 Å². The summed E-state index contributed by atoms with van der Waals surface area (Å²) in [5.74, 6) is 0.0111. The second kappa shape index (κ2) is 4.87. The lowest BCUT2D eigenvalue weighted by molar-refractivity contribution is 0.0916. The number of aryl methyl sites for hydroxylation is 1. The summed E-state index contributed by atoms with van der Waals surface area (Å²) in [5, 5.41) is 3.84. The van der Waals surface area contributed by atoms with Crippen molar-refractivity contribution in [1.82, 2.24) is 14.5 Å².